The molecule has 124 valence electrons. The van der Waals surface area contributed by atoms with Gasteiger partial charge in [-0.05, 0) is 26.0 Å². The van der Waals surface area contributed by atoms with E-state index in [4.69, 9.17) is 0 Å². The number of benzene rings is 1. The van der Waals surface area contributed by atoms with E-state index in [1.54, 1.807) is 32.6 Å². The Hall–Kier alpha value is -3.03. The number of hydrazone groups is 1. The molecule has 1 atom stereocenters. The molecule has 0 N–H and O–H groups in total. The van der Waals surface area contributed by atoms with Gasteiger partial charge in [-0.25, -0.2) is 9.69 Å². The minimum absolute atomic E-state index is 0.219. The number of carbonyl (C=O) groups excluding carboxylic acids is 1. The van der Waals surface area contributed by atoms with Gasteiger partial charge in [0.2, 0.25) is 0 Å². The molecule has 1 aromatic carbocycles. The Labute approximate surface area is 138 Å². The molecule has 3 rings (SSSR count). The van der Waals surface area contributed by atoms with Gasteiger partial charge < -0.3 is 0 Å². The maximum absolute atomic E-state index is 12.7. The van der Waals surface area contributed by atoms with Crippen molar-refractivity contribution in [2.45, 2.75) is 19.9 Å². The fraction of sp³-hybridized carbons (Fsp3) is 0.312. The fourth-order valence-corrected chi connectivity index (χ4v) is 2.61. The number of likely N-dealkylation sites (N-methyl/N-ethyl adjacent to an activating group) is 1. The van der Waals surface area contributed by atoms with Gasteiger partial charge in [-0.3, -0.25) is 14.3 Å². The highest BCUT2D eigenvalue weighted by Crippen LogP contribution is 2.19. The molecule has 0 radical (unpaired) electrons. The highest BCUT2D eigenvalue weighted by molar-refractivity contribution is 6.10. The van der Waals surface area contributed by atoms with Crippen LogP contribution < -0.4 is 5.56 Å². The maximum Gasteiger partial charge on any atom is 0.299 e. The van der Waals surface area contributed by atoms with Gasteiger partial charge >= 0.3 is 0 Å². The normalized spacial score (nSPS) is 17.8. The molecular formula is C16H18N6O2. The fourth-order valence-electron chi connectivity index (χ4n) is 2.61. The van der Waals surface area contributed by atoms with Gasteiger partial charge in [-0.1, -0.05) is 18.2 Å². The zero-order valence-corrected chi connectivity index (χ0v) is 14.0. The number of aromatic nitrogens is 2. The van der Waals surface area contributed by atoms with Crippen LogP contribution >= 0.6 is 0 Å². The Kier molecular flexibility index (Phi) is 3.88. The van der Waals surface area contributed by atoms with Gasteiger partial charge in [0.15, 0.2) is 11.7 Å². The third-order valence-electron chi connectivity index (χ3n) is 4.05. The number of hydrogen-bond acceptors (Lipinski definition) is 5. The third-order valence-corrected chi connectivity index (χ3v) is 4.05. The summed E-state index contributed by atoms with van der Waals surface area (Å²) in [6, 6.07) is 8.52. The summed E-state index contributed by atoms with van der Waals surface area (Å²) >= 11 is 0. The molecule has 1 amide bonds. The lowest BCUT2D eigenvalue weighted by molar-refractivity contribution is -0.128. The smallest absolute Gasteiger partial charge is 0.283 e. The first-order chi connectivity index (χ1) is 11.4. The van der Waals surface area contributed by atoms with Gasteiger partial charge in [0.25, 0.3) is 11.5 Å². The zero-order chi connectivity index (χ0) is 17.4. The molecule has 0 aliphatic carbocycles. The van der Waals surface area contributed by atoms with Gasteiger partial charge in [0.1, 0.15) is 0 Å². The Morgan fingerprint density at radius 2 is 1.75 bits per heavy atom. The second-order valence-electron chi connectivity index (χ2n) is 5.63. The van der Waals surface area contributed by atoms with Crippen LogP contribution in [0.3, 0.4) is 0 Å². The summed E-state index contributed by atoms with van der Waals surface area (Å²) in [4.78, 5) is 24.7. The lowest BCUT2D eigenvalue weighted by Gasteiger charge is -2.07. The summed E-state index contributed by atoms with van der Waals surface area (Å²) in [5, 5.41) is 13.4. The molecule has 2 heterocycles. The van der Waals surface area contributed by atoms with E-state index in [0.29, 0.717) is 11.4 Å². The molecule has 1 unspecified atom stereocenters. The Balaban J connectivity index is 2.02. The molecule has 0 saturated carbocycles. The Morgan fingerprint density at radius 1 is 1.08 bits per heavy atom. The molecule has 0 fully saturated rings. The lowest BCUT2D eigenvalue weighted by Crippen LogP contribution is -2.27. The first-order valence-corrected chi connectivity index (χ1v) is 7.49. The standard InChI is InChI=1S/C16H18N6O2/c1-10-13(15(23)20(3)19-10)17-18-14-11(2)21(4)22(16(14)24)12-8-6-5-7-9-12/h5-9,13H,1-4H3. The van der Waals surface area contributed by atoms with Crippen molar-refractivity contribution >= 4 is 17.3 Å². The van der Waals surface area contributed by atoms with Crippen LogP contribution in [-0.2, 0) is 11.8 Å². The maximum atomic E-state index is 12.7. The molecule has 1 aliphatic rings. The van der Waals surface area contributed by atoms with Crippen LogP contribution in [0.25, 0.3) is 5.69 Å². The number of para-hydroxylation sites is 1. The molecule has 8 heteroatoms. The van der Waals surface area contributed by atoms with Crippen LogP contribution in [-0.4, -0.2) is 39.1 Å². The Bertz CT molecular complexity index is 907. The number of rotatable bonds is 3. The number of amides is 1. The first-order valence-electron chi connectivity index (χ1n) is 7.49. The largest absolute Gasteiger partial charge is 0.299 e. The van der Waals surface area contributed by atoms with Crippen molar-refractivity contribution in [1.29, 1.82) is 0 Å². The van der Waals surface area contributed by atoms with Crippen molar-refractivity contribution in [2.24, 2.45) is 22.4 Å². The summed E-state index contributed by atoms with van der Waals surface area (Å²) in [6.45, 7) is 3.50. The number of carbonyl (C=O) groups is 1. The van der Waals surface area contributed by atoms with Crippen LogP contribution in [0.1, 0.15) is 12.6 Å². The summed E-state index contributed by atoms with van der Waals surface area (Å²) in [6.07, 6.45) is 0. The predicted octanol–water partition coefficient (Wildman–Crippen LogP) is 1.78. The molecule has 8 nitrogen and oxygen atoms in total. The van der Waals surface area contributed by atoms with Crippen molar-refractivity contribution in [1.82, 2.24) is 14.4 Å². The van der Waals surface area contributed by atoms with E-state index in [1.807, 2.05) is 30.3 Å². The van der Waals surface area contributed by atoms with Crippen LogP contribution in [0.15, 0.2) is 50.5 Å². The highest BCUT2D eigenvalue weighted by atomic mass is 16.2. The quantitative estimate of drug-likeness (QED) is 0.805. The van der Waals surface area contributed by atoms with Gasteiger partial charge in [0.05, 0.1) is 17.1 Å². The van der Waals surface area contributed by atoms with E-state index in [-0.39, 0.29) is 17.2 Å². The second kappa shape index (κ2) is 5.88. The van der Waals surface area contributed by atoms with Gasteiger partial charge in [-0.2, -0.15) is 10.2 Å². The number of azo groups is 1. The minimum Gasteiger partial charge on any atom is -0.283 e. The van der Waals surface area contributed by atoms with Gasteiger partial charge in [-0.15, -0.1) is 5.11 Å². The average Bonchev–Trinajstić information content (AvgIpc) is 2.93. The number of nitrogens with zero attached hydrogens (tertiary/aromatic N) is 6. The minimum atomic E-state index is -0.765. The summed E-state index contributed by atoms with van der Waals surface area (Å²) in [7, 11) is 3.35. The Morgan fingerprint density at radius 3 is 2.33 bits per heavy atom. The average molecular weight is 326 g/mol. The van der Waals surface area contributed by atoms with E-state index >= 15 is 0 Å². The summed E-state index contributed by atoms with van der Waals surface area (Å²) in [5.41, 5.74) is 1.91. The van der Waals surface area contributed by atoms with Crippen LogP contribution in [0.5, 0.6) is 0 Å². The summed E-state index contributed by atoms with van der Waals surface area (Å²) < 4.78 is 3.24. The molecule has 1 aliphatic heterocycles. The highest BCUT2D eigenvalue weighted by Gasteiger charge is 2.31. The monoisotopic (exact) mass is 326 g/mol. The molecule has 1 aromatic heterocycles. The van der Waals surface area contributed by atoms with Crippen molar-refractivity contribution in [3.63, 3.8) is 0 Å². The first kappa shape index (κ1) is 15.9. The molecule has 0 spiro atoms. The van der Waals surface area contributed by atoms with Crippen LogP contribution in [0.4, 0.5) is 5.69 Å². The molecular weight excluding hydrogens is 308 g/mol. The van der Waals surface area contributed by atoms with Crippen molar-refractivity contribution < 1.29 is 4.79 Å². The number of hydrogen-bond donors (Lipinski definition) is 0. The predicted molar refractivity (Wildman–Crippen MR) is 89.9 cm³/mol. The van der Waals surface area contributed by atoms with Crippen molar-refractivity contribution in [2.75, 3.05) is 7.05 Å². The third kappa shape index (κ3) is 2.45. The SMILES string of the molecule is CC1=NN(C)C(=O)C1N=Nc1c(C)n(C)n(-c2ccccc2)c1=O. The topological polar surface area (TPSA) is 84.3 Å². The van der Waals surface area contributed by atoms with E-state index in [0.717, 1.165) is 5.69 Å². The molecule has 2 aromatic rings. The molecule has 0 saturated heterocycles. The lowest BCUT2D eigenvalue weighted by atomic mass is 10.2. The van der Waals surface area contributed by atoms with Gasteiger partial charge in [0, 0.05) is 14.1 Å². The van der Waals surface area contributed by atoms with E-state index in [2.05, 4.69) is 15.3 Å². The van der Waals surface area contributed by atoms with E-state index < -0.39 is 6.04 Å². The van der Waals surface area contributed by atoms with Crippen LogP contribution in [0, 0.1) is 6.92 Å². The van der Waals surface area contributed by atoms with E-state index in [1.165, 1.54) is 9.69 Å². The molecule has 0 bridgehead atoms. The van der Waals surface area contributed by atoms with Crippen molar-refractivity contribution in [3.8, 4) is 5.69 Å². The second-order valence-corrected chi connectivity index (χ2v) is 5.63. The summed E-state index contributed by atoms with van der Waals surface area (Å²) in [5.74, 6) is -0.256. The molecule has 24 heavy (non-hydrogen) atoms. The zero-order valence-electron chi connectivity index (χ0n) is 14.0. The van der Waals surface area contributed by atoms with E-state index in [9.17, 15) is 9.59 Å². The van der Waals surface area contributed by atoms with Crippen LogP contribution in [0.2, 0.25) is 0 Å². The van der Waals surface area contributed by atoms with Crippen molar-refractivity contribution in [3.05, 3.63) is 46.4 Å².